The Morgan fingerprint density at radius 3 is 1.22 bits per heavy atom. The molecule has 36 heavy (non-hydrogen) atoms. The van der Waals surface area contributed by atoms with E-state index in [4.69, 9.17) is 0 Å². The third-order valence-corrected chi connectivity index (χ3v) is 5.96. The van der Waals surface area contributed by atoms with Crippen LogP contribution < -0.4 is 0 Å². The summed E-state index contributed by atoms with van der Waals surface area (Å²) in [6, 6.07) is 43.1. The van der Waals surface area contributed by atoms with Gasteiger partial charge in [0, 0.05) is 0 Å². The van der Waals surface area contributed by atoms with Gasteiger partial charge in [-0.2, -0.15) is 12.1 Å². The molecule has 0 nitrogen and oxygen atoms in total. The van der Waals surface area contributed by atoms with E-state index in [0.717, 1.165) is 0 Å². The van der Waals surface area contributed by atoms with Crippen molar-refractivity contribution < 1.29 is 19.2 Å². The zero-order chi connectivity index (χ0) is 23.9. The van der Waals surface area contributed by atoms with Crippen LogP contribution in [-0.4, -0.2) is 7.63 Å². The van der Waals surface area contributed by atoms with Gasteiger partial charge in [0.1, 0.15) is 0 Å². The first kappa shape index (κ1) is 29.3. The Hall–Kier alpha value is -2.97. The summed E-state index contributed by atoms with van der Waals surface area (Å²) in [4.78, 5) is 0. The Kier molecular flexibility index (Phi) is 11.3. The predicted molar refractivity (Wildman–Crippen MR) is 158 cm³/mol. The van der Waals surface area contributed by atoms with Gasteiger partial charge in [-0.05, 0) is 11.1 Å². The molecule has 6 aromatic rings. The fourth-order valence-electron chi connectivity index (χ4n) is 4.51. The van der Waals surface area contributed by atoms with Crippen molar-refractivity contribution in [3.05, 3.63) is 147 Å². The molecular formula is C34H32SiTi-4. The molecule has 2 heteroatoms. The van der Waals surface area contributed by atoms with Gasteiger partial charge in [0.25, 0.3) is 0 Å². The van der Waals surface area contributed by atoms with Crippen LogP contribution in [-0.2, 0) is 19.2 Å². The fourth-order valence-corrected chi connectivity index (χ4v) is 4.51. The first-order valence-corrected chi connectivity index (χ1v) is 14.2. The van der Waals surface area contributed by atoms with E-state index in [2.05, 4.69) is 143 Å². The molecule has 0 spiro atoms. The summed E-state index contributed by atoms with van der Waals surface area (Å²) in [6.45, 7) is 4.30. The van der Waals surface area contributed by atoms with Gasteiger partial charge in [0.05, 0.1) is 0 Å². The van der Waals surface area contributed by atoms with Crippen LogP contribution in [0.4, 0.5) is 0 Å². The number of aryl methyl sites for hydroxylation is 2. The van der Waals surface area contributed by atoms with Crippen molar-refractivity contribution in [1.29, 1.82) is 0 Å². The van der Waals surface area contributed by atoms with Crippen molar-refractivity contribution in [2.24, 2.45) is 0 Å². The number of hydrogen-bond donors (Lipinski definition) is 0. The zero-order valence-electron chi connectivity index (χ0n) is 21.5. The summed E-state index contributed by atoms with van der Waals surface area (Å²) in [5, 5.41) is 5.37. The molecule has 0 aliphatic rings. The Labute approximate surface area is 230 Å². The molecule has 0 fully saturated rings. The summed E-state index contributed by atoms with van der Waals surface area (Å²) >= 11 is 1.81. The van der Waals surface area contributed by atoms with Gasteiger partial charge in [-0.1, -0.05) is 97.8 Å². The number of hydrogen-bond acceptors (Lipinski definition) is 0. The second-order valence-corrected chi connectivity index (χ2v) is 8.41. The molecule has 0 bridgehead atoms. The molecule has 0 aliphatic heterocycles. The van der Waals surface area contributed by atoms with Gasteiger partial charge in [0.2, 0.25) is 0 Å². The minimum absolute atomic E-state index is 0. The van der Waals surface area contributed by atoms with Gasteiger partial charge in [-0.15, -0.1) is 69.1 Å². The van der Waals surface area contributed by atoms with Gasteiger partial charge >= 0.3 is 26.8 Å². The van der Waals surface area contributed by atoms with Crippen molar-refractivity contribution in [1.82, 2.24) is 0 Å². The van der Waals surface area contributed by atoms with Crippen LogP contribution in [0.2, 0.25) is 0 Å². The van der Waals surface area contributed by atoms with E-state index >= 15 is 0 Å². The second-order valence-electron chi connectivity index (χ2n) is 8.41. The molecule has 0 saturated carbocycles. The Morgan fingerprint density at radius 2 is 0.861 bits per heavy atom. The van der Waals surface area contributed by atoms with Gasteiger partial charge < -0.3 is 14.9 Å². The normalized spacial score (nSPS) is 9.69. The summed E-state index contributed by atoms with van der Waals surface area (Å²) in [7, 11) is 2.97. The first-order valence-electron chi connectivity index (χ1n) is 11.4. The molecule has 0 atom stereocenters. The average molecular weight is 517 g/mol. The molecule has 0 aliphatic carbocycles. The van der Waals surface area contributed by atoms with Crippen molar-refractivity contribution in [2.75, 3.05) is 0 Å². The second kappa shape index (κ2) is 13.9. The van der Waals surface area contributed by atoms with E-state index in [1.807, 2.05) is 0 Å². The Bertz CT molecular complexity index is 1370. The van der Waals surface area contributed by atoms with Crippen LogP contribution >= 0.6 is 0 Å². The molecule has 0 heterocycles. The summed E-state index contributed by atoms with van der Waals surface area (Å²) in [6.07, 6.45) is 0. The van der Waals surface area contributed by atoms with Crippen molar-refractivity contribution in [3.8, 4) is 22.3 Å². The number of benzene rings is 4. The van der Waals surface area contributed by atoms with Crippen molar-refractivity contribution in [3.63, 3.8) is 0 Å². The fraction of sp³-hybridized carbons (Fsp3) is 0.0588. The Balaban J connectivity index is 0.000000226. The Morgan fingerprint density at radius 1 is 0.500 bits per heavy atom. The zero-order valence-corrected chi connectivity index (χ0v) is 24.1. The molecular weight excluding hydrogens is 484 g/mol. The van der Waals surface area contributed by atoms with Crippen LogP contribution in [0.3, 0.4) is 0 Å². The van der Waals surface area contributed by atoms with Crippen molar-refractivity contribution in [2.45, 2.75) is 13.8 Å². The van der Waals surface area contributed by atoms with E-state index in [9.17, 15) is 0 Å². The number of fused-ring (bicyclic) bond motifs is 2. The van der Waals surface area contributed by atoms with E-state index in [-0.39, 0.29) is 14.9 Å². The van der Waals surface area contributed by atoms with Crippen LogP contribution in [0.15, 0.2) is 121 Å². The molecule has 0 saturated heterocycles. The summed E-state index contributed by atoms with van der Waals surface area (Å²) in [5.74, 6) is 0. The van der Waals surface area contributed by atoms with Crippen LogP contribution in [0.1, 0.15) is 11.1 Å². The van der Waals surface area contributed by atoms with Crippen LogP contribution in [0, 0.1) is 28.7 Å². The first-order chi connectivity index (χ1) is 16.7. The number of rotatable bonds is 2. The molecule has 0 unspecified atom stereocenters. The predicted octanol–water partition coefficient (Wildman–Crippen LogP) is 9.59. The average Bonchev–Trinajstić information content (AvgIpc) is 3.47. The maximum absolute atomic E-state index is 2.97. The molecule has 180 valence electrons. The minimum atomic E-state index is 0. The topological polar surface area (TPSA) is 0 Å². The molecule has 6 aromatic carbocycles. The summed E-state index contributed by atoms with van der Waals surface area (Å²) in [5.41, 5.74) is 7.89. The van der Waals surface area contributed by atoms with Gasteiger partial charge in [-0.3, -0.25) is 0 Å². The molecule has 6 rings (SSSR count). The van der Waals surface area contributed by atoms with Crippen LogP contribution in [0.25, 0.3) is 43.8 Å². The van der Waals surface area contributed by atoms with Gasteiger partial charge in [0.15, 0.2) is 0 Å². The van der Waals surface area contributed by atoms with Crippen LogP contribution in [0.5, 0.6) is 0 Å². The molecule has 0 aromatic heterocycles. The van der Waals surface area contributed by atoms with E-state index < -0.39 is 0 Å². The SMILES string of the molecule is Cc1cc2c(-c3ccccc3)cccc2[cH-]1.Cc1cc2c(-c3ccccc3)cccc2[cH-]1.[CH3-].[CH3-].[Si]=[Ti]. The monoisotopic (exact) mass is 516 g/mol. The summed E-state index contributed by atoms with van der Waals surface area (Å²) < 4.78 is 0. The standard InChI is InChI=1S/2C16H13.2CH3.Si.Ti/c2*1-12-10-14-8-5-9-15(16(14)11-12)13-6-3-2-4-7-13;;;;/h2*2-11H,1H3;2*1H3;;/q4*-1;;. The maximum atomic E-state index is 2.97. The van der Waals surface area contributed by atoms with Crippen molar-refractivity contribution >= 4 is 29.2 Å². The molecule has 0 N–H and O–H groups in total. The van der Waals surface area contributed by atoms with Gasteiger partial charge in [-0.25, -0.2) is 0 Å². The third kappa shape index (κ3) is 6.62. The van der Waals surface area contributed by atoms with E-state index in [1.165, 1.54) is 54.9 Å². The van der Waals surface area contributed by atoms with E-state index in [1.54, 1.807) is 19.2 Å². The third-order valence-electron chi connectivity index (χ3n) is 5.96. The quantitative estimate of drug-likeness (QED) is 0.159. The molecule has 0 amide bonds. The van der Waals surface area contributed by atoms with E-state index in [0.29, 0.717) is 0 Å². The molecule has 2 radical (unpaired) electrons.